The van der Waals surface area contributed by atoms with E-state index in [1.807, 2.05) is 12.1 Å². The van der Waals surface area contributed by atoms with Crippen LogP contribution in [0.3, 0.4) is 0 Å². The molecule has 0 atom stereocenters. The van der Waals surface area contributed by atoms with Gasteiger partial charge in [-0.2, -0.15) is 0 Å². The number of nitrogen functional groups attached to an aromatic ring is 1. The van der Waals surface area contributed by atoms with E-state index in [2.05, 4.69) is 10.3 Å². The molecule has 2 aromatic rings. The maximum absolute atomic E-state index is 11.7. The largest absolute Gasteiger partial charge is 0.399 e. The van der Waals surface area contributed by atoms with Crippen LogP contribution in [-0.4, -0.2) is 10.9 Å². The lowest BCUT2D eigenvalue weighted by molar-refractivity contribution is 0.0946. The third-order valence-corrected chi connectivity index (χ3v) is 2.54. The number of H-pyrrole nitrogens is 1. The smallest absolute Gasteiger partial charge is 0.268 e. The number of amides is 1. The van der Waals surface area contributed by atoms with Gasteiger partial charge in [0, 0.05) is 18.4 Å². The number of aromatic nitrogens is 1. The van der Waals surface area contributed by atoms with Crippen molar-refractivity contribution in [3.63, 3.8) is 0 Å². The normalized spacial score (nSPS) is 10.2. The van der Waals surface area contributed by atoms with Gasteiger partial charge in [-0.1, -0.05) is 23.7 Å². The third-order valence-electron chi connectivity index (χ3n) is 2.33. The third kappa shape index (κ3) is 3.01. The SMILES string of the molecule is Nc1ccc(CNC(=O)c2cc(Cl)c[nH]2)cc1. The minimum absolute atomic E-state index is 0.186. The lowest BCUT2D eigenvalue weighted by Gasteiger charge is -2.04. The number of nitrogens with one attached hydrogen (secondary N) is 2. The fraction of sp³-hybridized carbons (Fsp3) is 0.0833. The van der Waals surface area contributed by atoms with E-state index in [0.29, 0.717) is 22.9 Å². The molecule has 1 aromatic heterocycles. The van der Waals surface area contributed by atoms with Gasteiger partial charge < -0.3 is 16.0 Å². The first-order valence-corrected chi connectivity index (χ1v) is 5.49. The molecule has 1 heterocycles. The average molecular weight is 250 g/mol. The molecule has 4 nitrogen and oxygen atoms in total. The zero-order valence-electron chi connectivity index (χ0n) is 9.03. The minimum atomic E-state index is -0.186. The van der Waals surface area contributed by atoms with Crippen LogP contribution in [0, 0.1) is 0 Å². The van der Waals surface area contributed by atoms with E-state index in [4.69, 9.17) is 17.3 Å². The molecule has 17 heavy (non-hydrogen) atoms. The Labute approximate surface area is 104 Å². The van der Waals surface area contributed by atoms with E-state index in [0.717, 1.165) is 5.56 Å². The Bertz CT molecular complexity index is 519. The number of hydrogen-bond donors (Lipinski definition) is 3. The lowest BCUT2D eigenvalue weighted by atomic mass is 10.2. The summed E-state index contributed by atoms with van der Waals surface area (Å²) in [5, 5.41) is 3.29. The van der Waals surface area contributed by atoms with Crippen molar-refractivity contribution in [2.75, 3.05) is 5.73 Å². The molecule has 0 unspecified atom stereocenters. The number of carbonyl (C=O) groups excluding carboxylic acids is 1. The van der Waals surface area contributed by atoms with Crippen molar-refractivity contribution in [1.82, 2.24) is 10.3 Å². The summed E-state index contributed by atoms with van der Waals surface area (Å²) in [5.41, 5.74) is 7.71. The van der Waals surface area contributed by atoms with Gasteiger partial charge >= 0.3 is 0 Å². The molecular weight excluding hydrogens is 238 g/mol. The molecule has 0 aliphatic carbocycles. The highest BCUT2D eigenvalue weighted by Gasteiger charge is 2.07. The molecular formula is C12H12ClN3O. The number of aromatic amines is 1. The monoisotopic (exact) mass is 249 g/mol. The molecule has 0 fully saturated rings. The number of anilines is 1. The van der Waals surface area contributed by atoms with Gasteiger partial charge in [0.25, 0.3) is 5.91 Å². The number of nitrogens with two attached hydrogens (primary N) is 1. The fourth-order valence-electron chi connectivity index (χ4n) is 1.41. The van der Waals surface area contributed by atoms with Gasteiger partial charge in [-0.25, -0.2) is 0 Å². The molecule has 0 aliphatic rings. The summed E-state index contributed by atoms with van der Waals surface area (Å²) in [4.78, 5) is 14.5. The Morgan fingerprint density at radius 1 is 1.35 bits per heavy atom. The molecule has 0 radical (unpaired) electrons. The van der Waals surface area contributed by atoms with Gasteiger partial charge in [-0.05, 0) is 23.8 Å². The van der Waals surface area contributed by atoms with Crippen LogP contribution < -0.4 is 11.1 Å². The molecule has 5 heteroatoms. The summed E-state index contributed by atoms with van der Waals surface area (Å²) >= 11 is 5.71. The summed E-state index contributed by atoms with van der Waals surface area (Å²) in [6.07, 6.45) is 1.57. The van der Waals surface area contributed by atoms with Crippen LogP contribution in [0.25, 0.3) is 0 Å². The first-order chi connectivity index (χ1) is 8.15. The zero-order chi connectivity index (χ0) is 12.3. The van der Waals surface area contributed by atoms with Crippen molar-refractivity contribution < 1.29 is 4.79 Å². The van der Waals surface area contributed by atoms with Gasteiger partial charge in [0.1, 0.15) is 5.69 Å². The van der Waals surface area contributed by atoms with Gasteiger partial charge in [0.15, 0.2) is 0 Å². The molecule has 0 saturated carbocycles. The Kier molecular flexibility index (Phi) is 3.35. The number of hydrogen-bond acceptors (Lipinski definition) is 2. The van der Waals surface area contributed by atoms with Crippen LogP contribution in [0.15, 0.2) is 36.5 Å². The number of halogens is 1. The summed E-state index contributed by atoms with van der Waals surface area (Å²) in [6, 6.07) is 8.93. The predicted octanol–water partition coefficient (Wildman–Crippen LogP) is 2.18. The van der Waals surface area contributed by atoms with Crippen molar-refractivity contribution in [2.24, 2.45) is 0 Å². The quantitative estimate of drug-likeness (QED) is 0.730. The Morgan fingerprint density at radius 3 is 2.65 bits per heavy atom. The van der Waals surface area contributed by atoms with Crippen molar-refractivity contribution >= 4 is 23.2 Å². The van der Waals surface area contributed by atoms with E-state index in [9.17, 15) is 4.79 Å². The average Bonchev–Trinajstić information content (AvgIpc) is 2.75. The van der Waals surface area contributed by atoms with Gasteiger partial charge in [-0.15, -0.1) is 0 Å². The highest BCUT2D eigenvalue weighted by molar-refractivity contribution is 6.30. The van der Waals surface area contributed by atoms with E-state index >= 15 is 0 Å². The van der Waals surface area contributed by atoms with Gasteiger partial charge in [-0.3, -0.25) is 4.79 Å². The summed E-state index contributed by atoms with van der Waals surface area (Å²) < 4.78 is 0. The molecule has 1 aromatic carbocycles. The maximum atomic E-state index is 11.7. The lowest BCUT2D eigenvalue weighted by Crippen LogP contribution is -2.22. The highest BCUT2D eigenvalue weighted by Crippen LogP contribution is 2.10. The van der Waals surface area contributed by atoms with E-state index < -0.39 is 0 Å². The molecule has 88 valence electrons. The van der Waals surface area contributed by atoms with E-state index in [1.165, 1.54) is 0 Å². The van der Waals surface area contributed by atoms with E-state index in [-0.39, 0.29) is 5.91 Å². The van der Waals surface area contributed by atoms with Crippen LogP contribution in [0.5, 0.6) is 0 Å². The van der Waals surface area contributed by atoms with Gasteiger partial charge in [0.05, 0.1) is 5.02 Å². The van der Waals surface area contributed by atoms with Crippen molar-refractivity contribution in [1.29, 1.82) is 0 Å². The number of rotatable bonds is 3. The second-order valence-corrected chi connectivity index (χ2v) is 4.09. The molecule has 0 aliphatic heterocycles. The summed E-state index contributed by atoms with van der Waals surface area (Å²) in [7, 11) is 0. The topological polar surface area (TPSA) is 70.9 Å². The standard InChI is InChI=1S/C12H12ClN3O/c13-9-5-11(15-7-9)12(17)16-6-8-1-3-10(14)4-2-8/h1-5,7,15H,6,14H2,(H,16,17). The second-order valence-electron chi connectivity index (χ2n) is 3.66. The van der Waals surface area contributed by atoms with E-state index in [1.54, 1.807) is 24.4 Å². The van der Waals surface area contributed by atoms with Crippen molar-refractivity contribution in [2.45, 2.75) is 6.54 Å². The van der Waals surface area contributed by atoms with Crippen LogP contribution in [0.4, 0.5) is 5.69 Å². The van der Waals surface area contributed by atoms with Crippen molar-refractivity contribution in [3.8, 4) is 0 Å². The van der Waals surface area contributed by atoms with Crippen molar-refractivity contribution in [3.05, 3.63) is 52.8 Å². The number of benzene rings is 1. The minimum Gasteiger partial charge on any atom is -0.399 e. The molecule has 4 N–H and O–H groups in total. The molecule has 0 bridgehead atoms. The fourth-order valence-corrected chi connectivity index (χ4v) is 1.58. The van der Waals surface area contributed by atoms with Crippen LogP contribution in [0.1, 0.15) is 16.1 Å². The summed E-state index contributed by atoms with van der Waals surface area (Å²) in [6.45, 7) is 0.454. The zero-order valence-corrected chi connectivity index (χ0v) is 9.79. The Balaban J connectivity index is 1.94. The second kappa shape index (κ2) is 4.93. The Morgan fingerprint density at radius 2 is 2.06 bits per heavy atom. The summed E-state index contributed by atoms with van der Waals surface area (Å²) in [5.74, 6) is -0.186. The van der Waals surface area contributed by atoms with Crippen LogP contribution in [0.2, 0.25) is 5.02 Å². The Hall–Kier alpha value is -1.94. The molecule has 0 saturated heterocycles. The first kappa shape index (κ1) is 11.5. The molecule has 1 amide bonds. The first-order valence-electron chi connectivity index (χ1n) is 5.11. The molecule has 0 spiro atoms. The highest BCUT2D eigenvalue weighted by atomic mass is 35.5. The van der Waals surface area contributed by atoms with Gasteiger partial charge in [0.2, 0.25) is 0 Å². The predicted molar refractivity (Wildman–Crippen MR) is 67.8 cm³/mol. The number of carbonyl (C=O) groups is 1. The maximum Gasteiger partial charge on any atom is 0.268 e. The molecule has 2 rings (SSSR count). The van der Waals surface area contributed by atoms with Crippen LogP contribution >= 0.6 is 11.6 Å². The van der Waals surface area contributed by atoms with Crippen LogP contribution in [-0.2, 0) is 6.54 Å².